The number of benzene rings is 2. The highest BCUT2D eigenvalue weighted by atomic mass is 16.6. The molecule has 0 spiro atoms. The number of primary amides is 1. The van der Waals surface area contributed by atoms with Crippen molar-refractivity contribution in [2.75, 3.05) is 13.7 Å². The Morgan fingerprint density at radius 3 is 2.10 bits per heavy atom. The number of amides is 4. The number of nitro benzene ring substituents is 1. The highest BCUT2D eigenvalue weighted by molar-refractivity contribution is 6.07. The molecule has 2 aromatic rings. The van der Waals surface area contributed by atoms with Gasteiger partial charge in [-0.1, -0.05) is 83.6 Å². The first kappa shape index (κ1) is 53.5. The number of ether oxygens (including phenoxy) is 2. The number of allylic oxidation sites excluding steroid dienone is 1. The van der Waals surface area contributed by atoms with E-state index in [-0.39, 0.29) is 49.8 Å². The number of hydrogen-bond acceptors (Lipinski definition) is 12. The van der Waals surface area contributed by atoms with Crippen LogP contribution in [0.1, 0.15) is 138 Å². The monoisotopic (exact) mass is 957 g/mol. The molecule has 5 N–H and O–H groups in total. The Hall–Kier alpha value is -6.46. The van der Waals surface area contributed by atoms with E-state index in [4.69, 9.17) is 10.5 Å². The lowest BCUT2D eigenvalue weighted by Crippen LogP contribution is -2.59. The molecule has 6 atom stereocenters. The minimum atomic E-state index is -1.52. The predicted octanol–water partition coefficient (Wildman–Crippen LogP) is 6.28. The number of hydrogen-bond donors (Lipinski definition) is 4. The smallest absolute Gasteiger partial charge is 0.336 e. The topological polar surface area (TPSA) is 272 Å². The average molecular weight is 958 g/mol. The van der Waals surface area contributed by atoms with Gasteiger partial charge in [-0.3, -0.25) is 38.9 Å². The van der Waals surface area contributed by atoms with Crippen molar-refractivity contribution in [1.29, 1.82) is 0 Å². The molecule has 4 amide bonds. The molecular weight excluding hydrogens is 891 g/mol. The summed E-state index contributed by atoms with van der Waals surface area (Å²) in [6.07, 6.45) is 9.76. The molecule has 69 heavy (non-hydrogen) atoms. The molecule has 18 heteroatoms. The van der Waals surface area contributed by atoms with Crippen molar-refractivity contribution in [3.8, 4) is 5.75 Å². The van der Waals surface area contributed by atoms with Gasteiger partial charge in [0, 0.05) is 54.9 Å². The molecular formula is C51H67N5O13. The van der Waals surface area contributed by atoms with Gasteiger partial charge in [-0.2, -0.15) is 0 Å². The van der Waals surface area contributed by atoms with Gasteiger partial charge in [0.2, 0.25) is 23.6 Å². The lowest BCUT2D eigenvalue weighted by Gasteiger charge is -2.37. The number of non-ortho nitro benzene ring substituents is 1. The normalized spacial score (nSPS) is 19.7. The first-order valence-corrected chi connectivity index (χ1v) is 24.0. The van der Waals surface area contributed by atoms with E-state index in [1.807, 2.05) is 6.07 Å². The molecule has 1 aliphatic heterocycles. The second-order valence-corrected chi connectivity index (χ2v) is 19.7. The maximum Gasteiger partial charge on any atom is 0.336 e. The highest BCUT2D eigenvalue weighted by Crippen LogP contribution is 2.35. The van der Waals surface area contributed by atoms with Gasteiger partial charge < -0.3 is 35.8 Å². The van der Waals surface area contributed by atoms with Crippen LogP contribution < -0.4 is 21.1 Å². The largest absolute Gasteiger partial charge is 0.488 e. The number of carboxylic acids is 1. The Bertz CT molecular complexity index is 2230. The molecule has 5 rings (SSSR count). The molecule has 1 saturated heterocycles. The third kappa shape index (κ3) is 14.8. The lowest BCUT2D eigenvalue weighted by molar-refractivity contribution is -0.384. The first-order chi connectivity index (χ1) is 32.8. The minimum Gasteiger partial charge on any atom is -0.488 e. The van der Waals surface area contributed by atoms with Gasteiger partial charge >= 0.3 is 11.9 Å². The lowest BCUT2D eigenvalue weighted by atomic mass is 9.75. The minimum absolute atomic E-state index is 0.0256. The van der Waals surface area contributed by atoms with Crippen molar-refractivity contribution in [3.05, 3.63) is 81.9 Å². The Kier molecular flexibility index (Phi) is 19.2. The van der Waals surface area contributed by atoms with Gasteiger partial charge in [0.1, 0.15) is 23.9 Å². The fraction of sp³-hybridized carbons (Fsp3) is 0.569. The van der Waals surface area contributed by atoms with Gasteiger partial charge in [0.15, 0.2) is 11.6 Å². The quantitative estimate of drug-likeness (QED) is 0.0333. The molecule has 3 fully saturated rings. The SMILES string of the molecule is COC(=O)/C=C/CC[C@H](CC(=O)c1cc([N+](=O)[O-])ccc1C(=O)O)C(=O)N[C@H](C(=O)N1C[C@H](Oc2ccccc2)C[C@H]1C(=O)N[C@H](C(=O)C[C@H](C(N)=O)C1CCCCC1)C1CCCCC1)C(C)(C)C. The maximum atomic E-state index is 15.1. The zero-order valence-corrected chi connectivity index (χ0v) is 40.0. The van der Waals surface area contributed by atoms with Crippen LogP contribution >= 0.6 is 0 Å². The molecule has 0 bridgehead atoms. The number of carbonyl (C=O) groups excluding carboxylic acids is 7. The van der Waals surface area contributed by atoms with Crippen molar-refractivity contribution in [2.24, 2.45) is 34.8 Å². The van der Waals surface area contributed by atoms with Crippen LogP contribution in [0.5, 0.6) is 5.75 Å². The number of methoxy groups -OCH3 is 1. The summed E-state index contributed by atoms with van der Waals surface area (Å²) in [5.41, 5.74) is 3.38. The summed E-state index contributed by atoms with van der Waals surface area (Å²) < 4.78 is 11.0. The number of likely N-dealkylation sites (tertiary alicyclic amines) is 1. The number of nitro groups is 1. The van der Waals surface area contributed by atoms with Crippen LogP contribution in [0.2, 0.25) is 0 Å². The molecule has 18 nitrogen and oxygen atoms in total. The fourth-order valence-electron chi connectivity index (χ4n) is 9.97. The van der Waals surface area contributed by atoms with E-state index in [1.165, 1.54) is 18.1 Å². The van der Waals surface area contributed by atoms with Crippen molar-refractivity contribution in [3.63, 3.8) is 0 Å². The number of nitrogens with zero attached hydrogens (tertiary/aromatic N) is 2. The third-order valence-electron chi connectivity index (χ3n) is 13.7. The van der Waals surface area contributed by atoms with Crippen LogP contribution in [-0.4, -0.2) is 99.9 Å². The zero-order chi connectivity index (χ0) is 50.4. The summed E-state index contributed by atoms with van der Waals surface area (Å²) in [4.78, 5) is 122. The number of esters is 1. The van der Waals surface area contributed by atoms with Crippen molar-refractivity contribution in [1.82, 2.24) is 15.5 Å². The van der Waals surface area contributed by atoms with E-state index >= 15 is 4.79 Å². The second kappa shape index (κ2) is 24.7. The molecule has 2 aliphatic carbocycles. The molecule has 0 unspecified atom stereocenters. The Balaban J connectivity index is 1.46. The summed E-state index contributed by atoms with van der Waals surface area (Å²) >= 11 is 0. The summed E-state index contributed by atoms with van der Waals surface area (Å²) in [6.45, 7) is 5.05. The zero-order valence-electron chi connectivity index (χ0n) is 40.0. The number of carbonyl (C=O) groups is 8. The Morgan fingerprint density at radius 2 is 1.52 bits per heavy atom. The number of aromatic carboxylic acids is 1. The predicted molar refractivity (Wildman–Crippen MR) is 253 cm³/mol. The number of nitrogens with one attached hydrogen (secondary N) is 2. The Morgan fingerprint density at radius 1 is 0.884 bits per heavy atom. The number of carboxylic acid groups (broad SMARTS) is 1. The van der Waals surface area contributed by atoms with Crippen LogP contribution in [0, 0.1) is 39.2 Å². The first-order valence-electron chi connectivity index (χ1n) is 24.0. The average Bonchev–Trinajstić information content (AvgIpc) is 3.75. The van der Waals surface area contributed by atoms with Gasteiger partial charge in [0.25, 0.3) is 5.69 Å². The van der Waals surface area contributed by atoms with Gasteiger partial charge in [-0.05, 0) is 74.0 Å². The van der Waals surface area contributed by atoms with Crippen molar-refractivity contribution in [2.45, 2.75) is 141 Å². The van der Waals surface area contributed by atoms with E-state index in [0.717, 1.165) is 75.6 Å². The highest BCUT2D eigenvalue weighted by Gasteiger charge is 2.47. The summed E-state index contributed by atoms with van der Waals surface area (Å²) in [6, 6.07) is 8.16. The number of rotatable bonds is 22. The van der Waals surface area contributed by atoms with E-state index in [0.29, 0.717) is 18.6 Å². The van der Waals surface area contributed by atoms with Gasteiger partial charge in [-0.15, -0.1) is 0 Å². The number of ketones is 2. The van der Waals surface area contributed by atoms with Gasteiger partial charge in [0.05, 0.1) is 30.2 Å². The van der Waals surface area contributed by atoms with E-state index in [9.17, 15) is 48.8 Å². The van der Waals surface area contributed by atoms with Crippen LogP contribution in [0.3, 0.4) is 0 Å². The van der Waals surface area contributed by atoms with Crippen molar-refractivity contribution < 1.29 is 57.9 Å². The van der Waals surface area contributed by atoms with Crippen LogP contribution in [0.15, 0.2) is 60.7 Å². The van der Waals surface area contributed by atoms with Gasteiger partial charge in [-0.25, -0.2) is 9.59 Å². The summed E-state index contributed by atoms with van der Waals surface area (Å²) in [7, 11) is 1.18. The molecule has 1 heterocycles. The number of Topliss-reactive ketones (excluding diaryl/α,β-unsaturated/α-hetero) is 2. The molecule has 3 aliphatic rings. The Labute approximate surface area is 402 Å². The maximum absolute atomic E-state index is 15.1. The van der Waals surface area contributed by atoms with Crippen LogP contribution in [0.25, 0.3) is 0 Å². The molecule has 0 aromatic heterocycles. The molecule has 374 valence electrons. The van der Waals surface area contributed by atoms with Crippen LogP contribution in [-0.2, 0) is 33.5 Å². The fourth-order valence-corrected chi connectivity index (χ4v) is 9.97. The van der Waals surface area contributed by atoms with Crippen LogP contribution in [0.4, 0.5) is 5.69 Å². The number of para-hydroxylation sites is 1. The molecule has 0 radical (unpaired) electrons. The molecule has 2 aromatic carbocycles. The van der Waals surface area contributed by atoms with Crippen molar-refractivity contribution >= 4 is 52.8 Å². The molecule has 2 saturated carbocycles. The van der Waals surface area contributed by atoms with E-state index in [2.05, 4.69) is 15.4 Å². The summed E-state index contributed by atoms with van der Waals surface area (Å²) in [5.74, 6) is -7.55. The third-order valence-corrected chi connectivity index (χ3v) is 13.7. The number of nitrogens with two attached hydrogens (primary N) is 1. The van der Waals surface area contributed by atoms with E-state index < -0.39 is 111 Å². The second-order valence-electron chi connectivity index (χ2n) is 19.7. The standard InChI is InChI=1S/C51H67N5O13/c1-51(2,3)45(54-47(61)33(20-14-15-23-43(59)68-4)26-41(57)39-27-34(56(66)67)24-25-37(39)50(64)65)49(63)55-30-36(69-35-21-12-7-13-22-35)28-40(55)48(62)53-44(32-18-10-6-11-19-32)42(58)29-38(46(52)60)31-16-8-5-9-17-31/h7,12-13,15,21-25,27,31-33,36,38,40,44-45H,5-6,8-11,14,16-20,26,28-30H2,1-4H3,(H2,52,60)(H,53,62)(H,54,61)(H,64,65)/b23-15+/t33-,36-,38+,40+,44+,45-/m1/s1. The van der Waals surface area contributed by atoms with E-state index in [1.54, 1.807) is 45.0 Å². The summed E-state index contributed by atoms with van der Waals surface area (Å²) in [5, 5.41) is 27.3.